The maximum atomic E-state index is 5.38. The number of aromatic nitrogens is 1. The topological polar surface area (TPSA) is 38.9 Å². The van der Waals surface area contributed by atoms with E-state index in [-0.39, 0.29) is 0 Å². The summed E-state index contributed by atoms with van der Waals surface area (Å²) in [6.07, 6.45) is 4.24. The van der Waals surface area contributed by atoms with Gasteiger partial charge in [-0.25, -0.2) is 0 Å². The second-order valence-electron chi connectivity index (χ2n) is 2.51. The Balaban J connectivity index is 2.79. The van der Waals surface area contributed by atoms with E-state index in [0.29, 0.717) is 11.4 Å². The Labute approximate surface area is 71.4 Å². The minimum Gasteiger partial charge on any atom is -0.393 e. The van der Waals surface area contributed by atoms with Crippen LogP contribution in [0.5, 0.6) is 0 Å². The molecule has 2 nitrogen and oxygen atoms in total. The van der Waals surface area contributed by atoms with Crippen LogP contribution < -0.4 is 5.73 Å². The minimum absolute atomic E-state index is 0.511. The molecule has 1 rings (SSSR count). The monoisotopic (exact) mass is 166 g/mol. The first-order valence-electron chi connectivity index (χ1n) is 3.37. The zero-order valence-corrected chi connectivity index (χ0v) is 7.19. The Kier molecular flexibility index (Phi) is 2.54. The van der Waals surface area contributed by atoms with Crippen LogP contribution in [0.1, 0.15) is 11.1 Å². The molecule has 0 aliphatic rings. The lowest BCUT2D eigenvalue weighted by atomic mass is 10.2. The number of hydrogen-bond acceptors (Lipinski definition) is 2. The second kappa shape index (κ2) is 3.44. The van der Waals surface area contributed by atoms with E-state index < -0.39 is 0 Å². The molecule has 2 N–H and O–H groups in total. The molecule has 0 saturated heterocycles. The first-order chi connectivity index (χ1) is 5.18. The zero-order chi connectivity index (χ0) is 8.27. The van der Waals surface area contributed by atoms with Crippen LogP contribution in [0.4, 0.5) is 0 Å². The third-order valence-corrected chi connectivity index (χ3v) is 1.45. The molecule has 11 heavy (non-hydrogen) atoms. The van der Waals surface area contributed by atoms with Gasteiger partial charge in [0.25, 0.3) is 0 Å². The largest absolute Gasteiger partial charge is 0.393 e. The first-order valence-corrected chi connectivity index (χ1v) is 3.78. The third-order valence-electron chi connectivity index (χ3n) is 1.31. The summed E-state index contributed by atoms with van der Waals surface area (Å²) >= 11 is 4.77. The average Bonchev–Trinajstić information content (AvgIpc) is 1.85. The lowest BCUT2D eigenvalue weighted by Crippen LogP contribution is -2.11. The maximum Gasteiger partial charge on any atom is 0.0772 e. The first kappa shape index (κ1) is 8.14. The molecule has 58 valence electrons. The molecule has 0 aliphatic carbocycles. The molecule has 1 aromatic heterocycles. The van der Waals surface area contributed by atoms with E-state index in [0.717, 1.165) is 11.1 Å². The number of rotatable bonds is 2. The lowest BCUT2D eigenvalue weighted by molar-refractivity contribution is 1.18. The molecule has 0 atom stereocenters. The van der Waals surface area contributed by atoms with Gasteiger partial charge >= 0.3 is 0 Å². The molecule has 0 bridgehead atoms. The van der Waals surface area contributed by atoms with Crippen molar-refractivity contribution in [3.05, 3.63) is 29.6 Å². The van der Waals surface area contributed by atoms with E-state index in [1.54, 1.807) is 6.20 Å². The molecule has 0 radical (unpaired) electrons. The zero-order valence-electron chi connectivity index (χ0n) is 6.37. The fourth-order valence-electron chi connectivity index (χ4n) is 0.915. The summed E-state index contributed by atoms with van der Waals surface area (Å²) in [6.45, 7) is 2.00. The van der Waals surface area contributed by atoms with Gasteiger partial charge in [-0.15, -0.1) is 0 Å². The van der Waals surface area contributed by atoms with Crippen LogP contribution in [-0.2, 0) is 6.42 Å². The van der Waals surface area contributed by atoms with Gasteiger partial charge in [-0.05, 0) is 18.1 Å². The molecule has 0 spiro atoms. The number of thiocarbonyl (C=S) groups is 1. The summed E-state index contributed by atoms with van der Waals surface area (Å²) in [7, 11) is 0. The molecule has 0 aromatic carbocycles. The van der Waals surface area contributed by atoms with Gasteiger partial charge < -0.3 is 5.73 Å². The van der Waals surface area contributed by atoms with Crippen molar-refractivity contribution in [2.75, 3.05) is 0 Å². The number of aryl methyl sites for hydroxylation is 1. The van der Waals surface area contributed by atoms with Gasteiger partial charge in [0.05, 0.1) is 4.99 Å². The number of hydrogen-bond donors (Lipinski definition) is 1. The quantitative estimate of drug-likeness (QED) is 0.671. The van der Waals surface area contributed by atoms with Crippen molar-refractivity contribution in [3.63, 3.8) is 0 Å². The molecule has 0 unspecified atom stereocenters. The Morgan fingerprint density at radius 1 is 1.64 bits per heavy atom. The predicted molar refractivity (Wildman–Crippen MR) is 49.5 cm³/mol. The Hall–Kier alpha value is -0.960. The van der Waals surface area contributed by atoms with Crippen molar-refractivity contribution in [1.82, 2.24) is 4.98 Å². The Morgan fingerprint density at radius 2 is 2.36 bits per heavy atom. The van der Waals surface area contributed by atoms with Crippen LogP contribution in [0.2, 0.25) is 0 Å². The summed E-state index contributed by atoms with van der Waals surface area (Å²) < 4.78 is 0. The molecular weight excluding hydrogens is 156 g/mol. The highest BCUT2D eigenvalue weighted by Crippen LogP contribution is 2.01. The second-order valence-corrected chi connectivity index (χ2v) is 3.04. The van der Waals surface area contributed by atoms with E-state index in [2.05, 4.69) is 4.98 Å². The van der Waals surface area contributed by atoms with Gasteiger partial charge in [0, 0.05) is 18.8 Å². The highest BCUT2D eigenvalue weighted by atomic mass is 32.1. The van der Waals surface area contributed by atoms with Crippen LogP contribution in [0.3, 0.4) is 0 Å². The van der Waals surface area contributed by atoms with Crippen LogP contribution in [-0.4, -0.2) is 9.97 Å². The minimum atomic E-state index is 0.511. The molecule has 1 heterocycles. The van der Waals surface area contributed by atoms with Crippen LogP contribution in [0, 0.1) is 6.92 Å². The Bertz CT molecular complexity index is 271. The third kappa shape index (κ3) is 2.63. The number of pyridine rings is 1. The molecule has 0 saturated carbocycles. The van der Waals surface area contributed by atoms with Gasteiger partial charge in [-0.3, -0.25) is 4.98 Å². The van der Waals surface area contributed by atoms with Crippen molar-refractivity contribution < 1.29 is 0 Å². The van der Waals surface area contributed by atoms with Crippen molar-refractivity contribution >= 4 is 17.2 Å². The molecule has 1 aromatic rings. The maximum absolute atomic E-state index is 5.38. The highest BCUT2D eigenvalue weighted by Gasteiger charge is 1.94. The average molecular weight is 166 g/mol. The summed E-state index contributed by atoms with van der Waals surface area (Å²) in [6, 6.07) is 2.03. The molecule has 0 aliphatic heterocycles. The van der Waals surface area contributed by atoms with Crippen molar-refractivity contribution in [2.24, 2.45) is 5.73 Å². The summed E-state index contributed by atoms with van der Waals surface area (Å²) in [4.78, 5) is 4.53. The molecule has 0 amide bonds. The van der Waals surface area contributed by atoms with Gasteiger partial charge in [-0.2, -0.15) is 0 Å². The normalized spacial score (nSPS) is 9.55. The lowest BCUT2D eigenvalue weighted by Gasteiger charge is -1.98. The standard InChI is InChI=1S/C8H10N2S/c1-6-2-7(3-8(9)11)5-10-4-6/h2,4-5H,3H2,1H3,(H2,9,11). The fourth-order valence-corrected chi connectivity index (χ4v) is 1.08. The molecule has 0 fully saturated rings. The fraction of sp³-hybridized carbons (Fsp3) is 0.250. The van der Waals surface area contributed by atoms with Crippen LogP contribution >= 0.6 is 12.2 Å². The van der Waals surface area contributed by atoms with Gasteiger partial charge in [0.1, 0.15) is 0 Å². The number of nitrogens with two attached hydrogens (primary N) is 1. The van der Waals surface area contributed by atoms with E-state index in [9.17, 15) is 0 Å². The smallest absolute Gasteiger partial charge is 0.0772 e. The van der Waals surface area contributed by atoms with E-state index in [1.807, 2.05) is 19.2 Å². The summed E-state index contributed by atoms with van der Waals surface area (Å²) in [5.41, 5.74) is 7.60. The van der Waals surface area contributed by atoms with Crippen molar-refractivity contribution in [2.45, 2.75) is 13.3 Å². The van der Waals surface area contributed by atoms with Crippen LogP contribution in [0.15, 0.2) is 18.5 Å². The van der Waals surface area contributed by atoms with Gasteiger partial charge in [0.2, 0.25) is 0 Å². The van der Waals surface area contributed by atoms with Gasteiger partial charge in [-0.1, -0.05) is 18.3 Å². The summed E-state index contributed by atoms with van der Waals surface area (Å²) in [5.74, 6) is 0. The summed E-state index contributed by atoms with van der Waals surface area (Å²) in [5, 5.41) is 0. The van der Waals surface area contributed by atoms with E-state index >= 15 is 0 Å². The van der Waals surface area contributed by atoms with Crippen molar-refractivity contribution in [1.29, 1.82) is 0 Å². The number of nitrogens with zero attached hydrogens (tertiary/aromatic N) is 1. The predicted octanol–water partition coefficient (Wildman–Crippen LogP) is 1.22. The van der Waals surface area contributed by atoms with Gasteiger partial charge in [0.15, 0.2) is 0 Å². The van der Waals surface area contributed by atoms with Crippen LogP contribution in [0.25, 0.3) is 0 Å². The SMILES string of the molecule is Cc1cncc(CC(N)=S)c1. The van der Waals surface area contributed by atoms with E-state index in [4.69, 9.17) is 18.0 Å². The molecule has 3 heteroatoms. The van der Waals surface area contributed by atoms with E-state index in [1.165, 1.54) is 0 Å². The Morgan fingerprint density at radius 3 is 2.91 bits per heavy atom. The van der Waals surface area contributed by atoms with Crippen molar-refractivity contribution in [3.8, 4) is 0 Å². The highest BCUT2D eigenvalue weighted by molar-refractivity contribution is 7.80. The molecular formula is C8H10N2S.